The molecule has 312 valence electrons. The van der Waals surface area contributed by atoms with Crippen LogP contribution in [0.15, 0.2) is 91.0 Å². The Morgan fingerprint density at radius 3 is 2.02 bits per heavy atom. The van der Waals surface area contributed by atoms with Crippen molar-refractivity contribution in [3.8, 4) is 38.1 Å². The lowest BCUT2D eigenvalue weighted by Crippen LogP contribution is -2.46. The second-order valence-electron chi connectivity index (χ2n) is 17.0. The number of carbonyl (C=O) groups excluding carboxylic acids is 3. The van der Waals surface area contributed by atoms with E-state index in [0.29, 0.717) is 17.1 Å². The normalized spacial score (nSPS) is 15.2. The van der Waals surface area contributed by atoms with Gasteiger partial charge >= 0.3 is 0 Å². The summed E-state index contributed by atoms with van der Waals surface area (Å²) in [5.41, 5.74) is 6.93. The van der Waals surface area contributed by atoms with Crippen LogP contribution in [0.5, 0.6) is 17.2 Å². The zero-order valence-corrected chi connectivity index (χ0v) is 36.3. The van der Waals surface area contributed by atoms with Gasteiger partial charge in [-0.05, 0) is 61.2 Å². The highest BCUT2D eigenvalue weighted by molar-refractivity contribution is 7.23. The largest absolute Gasteiger partial charge is 0.548 e. The highest BCUT2D eigenvalue weighted by Crippen LogP contribution is 2.56. The molecule has 13 heteroatoms. The van der Waals surface area contributed by atoms with Crippen molar-refractivity contribution in [1.82, 2.24) is 4.58 Å². The van der Waals surface area contributed by atoms with Gasteiger partial charge in [-0.1, -0.05) is 42.5 Å². The average Bonchev–Trinajstić information content (AvgIpc) is 3.83. The predicted molar refractivity (Wildman–Crippen MR) is 236 cm³/mol. The molecule has 62 heavy (non-hydrogen) atoms. The lowest BCUT2D eigenvalue weighted by atomic mass is 9.81. The van der Waals surface area contributed by atoms with Crippen molar-refractivity contribution in [3.63, 3.8) is 0 Å². The summed E-state index contributed by atoms with van der Waals surface area (Å²) < 4.78 is 17.4. The van der Waals surface area contributed by atoms with Gasteiger partial charge in [0.05, 0.1) is 58.7 Å². The highest BCUT2D eigenvalue weighted by Gasteiger charge is 2.43. The van der Waals surface area contributed by atoms with Crippen LogP contribution in [0.4, 0.5) is 11.4 Å². The number of anilines is 2. The van der Waals surface area contributed by atoms with Crippen molar-refractivity contribution in [1.29, 1.82) is 0 Å². The van der Waals surface area contributed by atoms with Gasteiger partial charge in [-0.15, -0.1) is 22.7 Å². The first kappa shape index (κ1) is 39.4. The van der Waals surface area contributed by atoms with E-state index >= 15 is 0 Å². The second-order valence-corrected chi connectivity index (χ2v) is 19.1. The Balaban J connectivity index is 1.30. The van der Waals surface area contributed by atoms with E-state index in [-0.39, 0.29) is 22.5 Å². The molecule has 0 bridgehead atoms. The number of hydrogen-bond donors (Lipinski definition) is 0. The summed E-state index contributed by atoms with van der Waals surface area (Å²) in [6.07, 6.45) is 0. The number of hydrogen-bond acceptors (Lipinski definition) is 12. The van der Waals surface area contributed by atoms with Crippen LogP contribution >= 0.6 is 22.7 Å². The maximum absolute atomic E-state index is 11.8. The molecule has 0 fully saturated rings. The van der Waals surface area contributed by atoms with Crippen molar-refractivity contribution in [2.75, 3.05) is 43.6 Å². The molecule has 0 N–H and O–H groups in total. The number of thiophene rings is 2. The molecule has 5 heterocycles. The Labute approximate surface area is 364 Å². The third-order valence-electron chi connectivity index (χ3n) is 12.8. The van der Waals surface area contributed by atoms with E-state index in [1.165, 1.54) is 37.4 Å². The Bertz CT molecular complexity index is 3250. The summed E-state index contributed by atoms with van der Waals surface area (Å²) >= 11 is 3.49. The molecule has 0 amide bonds. The Morgan fingerprint density at radius 2 is 1.37 bits per heavy atom. The first-order valence-corrected chi connectivity index (χ1v) is 21.7. The minimum absolute atomic E-state index is 0.0323. The maximum Gasteiger partial charge on any atom is 0.212 e. The van der Waals surface area contributed by atoms with E-state index in [1.807, 2.05) is 0 Å². The third-order valence-corrected chi connectivity index (χ3v) is 15.2. The van der Waals surface area contributed by atoms with Crippen LogP contribution in [0, 0.1) is 0 Å². The topological polar surface area (TPSA) is 148 Å². The minimum Gasteiger partial charge on any atom is -0.548 e. The van der Waals surface area contributed by atoms with Gasteiger partial charge < -0.3 is 49.0 Å². The summed E-state index contributed by atoms with van der Waals surface area (Å²) in [5.74, 6) is -3.45. The molecule has 3 aliphatic heterocycles. The van der Waals surface area contributed by atoms with Crippen LogP contribution in [-0.4, -0.2) is 51.7 Å². The molecular weight excluding hydrogens is 823 g/mol. The number of fused-ring (bicyclic) bond motifs is 12. The number of nitrogens with zero attached hydrogens (tertiary/aromatic N) is 3. The number of carboxylic acid groups (broad SMARTS) is 3. The number of ether oxygens (including phenoxy) is 2. The highest BCUT2D eigenvalue weighted by atomic mass is 32.1. The lowest BCUT2D eigenvalue weighted by molar-refractivity contribution is -0.308. The van der Waals surface area contributed by atoms with Gasteiger partial charge in [0.15, 0.2) is 5.54 Å². The Hall–Kier alpha value is -6.70. The second kappa shape index (κ2) is 13.9. The van der Waals surface area contributed by atoms with Crippen LogP contribution in [0.1, 0.15) is 49.9 Å². The van der Waals surface area contributed by atoms with E-state index in [1.54, 1.807) is 34.8 Å². The van der Waals surface area contributed by atoms with Crippen LogP contribution in [-0.2, 0) is 25.5 Å². The van der Waals surface area contributed by atoms with Gasteiger partial charge in [0.2, 0.25) is 5.36 Å². The van der Waals surface area contributed by atoms with Crippen LogP contribution in [0.2, 0.25) is 0 Å². The molecule has 2 aromatic heterocycles. The fourth-order valence-electron chi connectivity index (χ4n) is 9.53. The zero-order valence-electron chi connectivity index (χ0n) is 34.7. The molecule has 10 rings (SSSR count). The predicted octanol–water partition coefficient (Wildman–Crippen LogP) is 4.29. The molecule has 5 aromatic carbocycles. The molecule has 0 saturated carbocycles. The van der Waals surface area contributed by atoms with Gasteiger partial charge in [-0.25, -0.2) is 4.58 Å². The number of aliphatic carboxylic acids is 3. The van der Waals surface area contributed by atoms with Gasteiger partial charge in [0, 0.05) is 85.4 Å². The van der Waals surface area contributed by atoms with Crippen LogP contribution in [0.3, 0.4) is 0 Å². The molecule has 3 aliphatic rings. The van der Waals surface area contributed by atoms with Gasteiger partial charge in [-0.3, -0.25) is 0 Å². The summed E-state index contributed by atoms with van der Waals surface area (Å²) in [5, 5.41) is 39.6. The quantitative estimate of drug-likeness (QED) is 0.193. The average molecular weight is 862 g/mol. The summed E-state index contributed by atoms with van der Waals surface area (Å²) in [7, 11) is 4.20. The summed E-state index contributed by atoms with van der Waals surface area (Å²) in [4.78, 5) is 41.1. The Kier molecular flexibility index (Phi) is 8.85. The molecule has 11 nitrogen and oxygen atoms in total. The maximum atomic E-state index is 11.8. The Morgan fingerprint density at radius 1 is 0.742 bits per heavy atom. The van der Waals surface area contributed by atoms with Crippen molar-refractivity contribution in [3.05, 3.63) is 124 Å². The minimum atomic E-state index is -1.54. The standard InChI is InChI=1S/C49H41N3O8S2/c1-48(2)44-26-11-7-9-13-38(26)61-46(44)28-18-30-35(20-33(28)50(48)5)60-36-21-34-29(47-45(49(3,4)51(34)6)27-12-8-10-14-39(27)62-47)19-31(36)43(30)25-15-16-32(37(17-25)59-24-42(57)58)52(22-40(53)54)23-41(55)56/h7-21H,22-24H2,1-6H3,(H2-,53,54,55,56,57,58)/p-2. The summed E-state index contributed by atoms with van der Waals surface area (Å²) in [6.45, 7) is 6.42. The molecular formula is C49H39N3O8S2-2. The smallest absolute Gasteiger partial charge is 0.212 e. The van der Waals surface area contributed by atoms with Crippen molar-refractivity contribution >= 4 is 77.7 Å². The molecule has 0 unspecified atom stereocenters. The van der Waals surface area contributed by atoms with E-state index < -0.39 is 37.6 Å². The van der Waals surface area contributed by atoms with Crippen molar-refractivity contribution < 1.29 is 39.2 Å². The third kappa shape index (κ3) is 5.89. The molecule has 0 atom stereocenters. The molecule has 0 saturated heterocycles. The van der Waals surface area contributed by atoms with Crippen LogP contribution < -0.4 is 49.7 Å². The fraction of sp³-hybridized carbons (Fsp3) is 0.224. The molecule has 0 radical (unpaired) electrons. The van der Waals surface area contributed by atoms with Gasteiger partial charge in [0.25, 0.3) is 0 Å². The molecule has 7 aromatic rings. The SMILES string of the molecule is CN1c2cc3c(cc2-c2sc4ccccc4c2C1(C)C)C(c1ccc(N(CC(=O)[O-])CC(=O)[O-])c(OCC(=O)[O-])c1)=c1cc2c(cc1O3)=[N+](C)C(C)(C)c1c-2sc2ccccc12. The summed E-state index contributed by atoms with van der Waals surface area (Å²) in [6, 6.07) is 30.3. The lowest BCUT2D eigenvalue weighted by Gasteiger charge is -2.43. The van der Waals surface area contributed by atoms with Crippen molar-refractivity contribution in [2.45, 2.75) is 38.8 Å². The first-order chi connectivity index (χ1) is 29.5. The van der Waals surface area contributed by atoms with E-state index in [4.69, 9.17) is 9.47 Å². The number of carboxylic acids is 3. The monoisotopic (exact) mass is 861 g/mol. The van der Waals surface area contributed by atoms with E-state index in [2.05, 4.69) is 124 Å². The number of carbonyl (C=O) groups is 3. The fourth-order valence-corrected chi connectivity index (χ4v) is 12.3. The van der Waals surface area contributed by atoms with Crippen LogP contribution in [0.25, 0.3) is 46.6 Å². The number of rotatable bonds is 9. The van der Waals surface area contributed by atoms with E-state index in [9.17, 15) is 29.7 Å². The first-order valence-electron chi connectivity index (χ1n) is 20.1. The molecule has 0 spiro atoms. The van der Waals surface area contributed by atoms with E-state index in [0.717, 1.165) is 53.2 Å². The van der Waals surface area contributed by atoms with Gasteiger partial charge in [-0.2, -0.15) is 0 Å². The van der Waals surface area contributed by atoms with Crippen molar-refractivity contribution in [2.24, 2.45) is 0 Å². The molecule has 0 aliphatic carbocycles. The number of benzene rings is 5. The van der Waals surface area contributed by atoms with Gasteiger partial charge in [0.1, 0.15) is 30.9 Å². The zero-order chi connectivity index (χ0) is 43.6.